The molecule has 1 amide bonds. The molecule has 186 valence electrons. The van der Waals surface area contributed by atoms with Crippen molar-refractivity contribution in [1.82, 2.24) is 9.88 Å². The molecule has 3 heterocycles. The smallest absolute Gasteiger partial charge is 0.359 e. The van der Waals surface area contributed by atoms with Crippen molar-refractivity contribution in [3.63, 3.8) is 0 Å². The molecule has 2 unspecified atom stereocenters. The number of nitrogens with zero attached hydrogens (tertiary/aromatic N) is 2. The Hall–Kier alpha value is -2.87. The molecule has 2 aliphatic heterocycles. The van der Waals surface area contributed by atoms with E-state index in [2.05, 4.69) is 4.98 Å². The first-order chi connectivity index (χ1) is 17.1. The number of ether oxygens (including phenoxy) is 2. The van der Waals surface area contributed by atoms with Crippen molar-refractivity contribution in [2.24, 2.45) is 0 Å². The van der Waals surface area contributed by atoms with Gasteiger partial charge in [0.2, 0.25) is 5.91 Å². The summed E-state index contributed by atoms with van der Waals surface area (Å²) in [5.74, 6) is -2.15. The minimum Gasteiger partial charge on any atom is -0.417 e. The molecule has 1 fully saturated rings. The zero-order chi connectivity index (χ0) is 25.6. The number of sulfone groups is 1. The summed E-state index contributed by atoms with van der Waals surface area (Å²) >= 11 is 1.50. The number of thiazole rings is 1. The highest BCUT2D eigenvalue weighted by Crippen LogP contribution is 2.46. The summed E-state index contributed by atoms with van der Waals surface area (Å²) in [7, 11) is -1.21. The Labute approximate surface area is 218 Å². The number of fused-ring (bicyclic) bond motifs is 2. The highest BCUT2D eigenvalue weighted by molar-refractivity contribution is 8.77. The van der Waals surface area contributed by atoms with Crippen molar-refractivity contribution in [3.05, 3.63) is 70.3 Å². The fourth-order valence-electron chi connectivity index (χ4n) is 3.66. The lowest BCUT2D eigenvalue weighted by Crippen LogP contribution is -2.52. The zero-order valence-corrected chi connectivity index (χ0v) is 22.1. The molecule has 2 aromatic carbocycles. The maximum absolute atomic E-state index is 13.3. The average molecular weight is 563 g/mol. The fourth-order valence-corrected chi connectivity index (χ4v) is 7.95. The van der Waals surface area contributed by atoms with Gasteiger partial charge in [0.15, 0.2) is 14.2 Å². The molecule has 9 nitrogen and oxygen atoms in total. The van der Waals surface area contributed by atoms with Crippen LogP contribution in [-0.4, -0.2) is 47.8 Å². The number of carbonyl (C=O) groups is 3. The summed E-state index contributed by atoms with van der Waals surface area (Å²) in [4.78, 5) is 43.4. The van der Waals surface area contributed by atoms with Crippen molar-refractivity contribution in [2.75, 3.05) is 6.26 Å². The third kappa shape index (κ3) is 4.63. The molecular weight excluding hydrogens is 545 g/mol. The van der Waals surface area contributed by atoms with E-state index in [0.717, 1.165) is 25.7 Å². The van der Waals surface area contributed by atoms with Gasteiger partial charge in [-0.15, -0.1) is 11.3 Å². The van der Waals surface area contributed by atoms with Crippen LogP contribution in [0.2, 0.25) is 0 Å². The van der Waals surface area contributed by atoms with Gasteiger partial charge in [-0.3, -0.25) is 9.69 Å². The van der Waals surface area contributed by atoms with Gasteiger partial charge in [0, 0.05) is 11.8 Å². The van der Waals surface area contributed by atoms with E-state index >= 15 is 0 Å². The van der Waals surface area contributed by atoms with Gasteiger partial charge in [0.05, 0.1) is 27.1 Å². The third-order valence-corrected chi connectivity index (χ3v) is 10.9. The monoisotopic (exact) mass is 562 g/mol. The van der Waals surface area contributed by atoms with Crippen LogP contribution in [0.5, 0.6) is 0 Å². The number of aromatic nitrogens is 1. The quantitative estimate of drug-likeness (QED) is 0.179. The molecule has 1 saturated heterocycles. The van der Waals surface area contributed by atoms with E-state index in [1.54, 1.807) is 18.2 Å². The van der Waals surface area contributed by atoms with Crippen LogP contribution in [0, 0.1) is 0 Å². The summed E-state index contributed by atoms with van der Waals surface area (Å²) < 4.78 is 37.2. The van der Waals surface area contributed by atoms with Crippen LogP contribution in [0.3, 0.4) is 0 Å². The molecule has 0 N–H and O–H groups in total. The molecule has 0 aliphatic carbocycles. The highest BCUT2D eigenvalue weighted by atomic mass is 33.1. The van der Waals surface area contributed by atoms with Crippen molar-refractivity contribution in [2.45, 2.75) is 29.3 Å². The number of allylic oxidation sites excluding steroid dienone is 1. The van der Waals surface area contributed by atoms with Crippen molar-refractivity contribution < 1.29 is 32.3 Å². The fraction of sp³-hybridized carbons (Fsp3) is 0.217. The minimum atomic E-state index is -3.85. The van der Waals surface area contributed by atoms with Gasteiger partial charge in [-0.1, -0.05) is 41.1 Å². The number of rotatable bonds is 7. The van der Waals surface area contributed by atoms with Crippen LogP contribution >= 0.6 is 32.9 Å². The summed E-state index contributed by atoms with van der Waals surface area (Å²) in [5, 5.41) is -0.521. The molecule has 0 bridgehead atoms. The van der Waals surface area contributed by atoms with E-state index in [-0.39, 0.29) is 16.9 Å². The lowest BCUT2D eigenvalue weighted by Gasteiger charge is -2.40. The number of hydrogen-bond acceptors (Lipinski definition) is 11. The molecular formula is C23H18N2O7S4. The predicted octanol–water partition coefficient (Wildman–Crippen LogP) is 4.28. The second kappa shape index (κ2) is 9.54. The highest BCUT2D eigenvalue weighted by Gasteiger charge is 2.45. The molecule has 2 atom stereocenters. The second-order valence-electron chi connectivity index (χ2n) is 7.96. The number of cyclic esters (lactones) is 1. The van der Waals surface area contributed by atoms with E-state index < -0.39 is 45.0 Å². The van der Waals surface area contributed by atoms with Crippen LogP contribution in [0.4, 0.5) is 0 Å². The largest absolute Gasteiger partial charge is 0.417 e. The van der Waals surface area contributed by atoms with E-state index in [4.69, 9.17) is 9.47 Å². The number of β-lactam (4-membered cyclic amide) rings is 1. The van der Waals surface area contributed by atoms with E-state index in [0.29, 0.717) is 5.56 Å². The van der Waals surface area contributed by atoms with Crippen LogP contribution in [0.15, 0.2) is 63.5 Å². The SMILES string of the molecule is C/C(=C(/C(=O)OC1OC(=O)c2ccccc21)N1C(=O)CC1SSc1nc2ccccc2s1)S(C)(=O)=O. The van der Waals surface area contributed by atoms with E-state index in [1.807, 2.05) is 24.3 Å². The summed E-state index contributed by atoms with van der Waals surface area (Å²) in [6, 6.07) is 14.1. The predicted molar refractivity (Wildman–Crippen MR) is 137 cm³/mol. The Kier molecular flexibility index (Phi) is 6.57. The Bertz CT molecular complexity index is 1510. The first-order valence-corrected chi connectivity index (χ1v) is 15.5. The maximum atomic E-state index is 13.3. The number of esters is 2. The van der Waals surface area contributed by atoms with Crippen molar-refractivity contribution in [3.8, 4) is 0 Å². The molecule has 0 spiro atoms. The number of benzene rings is 2. The third-order valence-electron chi connectivity index (χ3n) is 5.60. The van der Waals surface area contributed by atoms with Crippen LogP contribution < -0.4 is 0 Å². The summed E-state index contributed by atoms with van der Waals surface area (Å²) in [5.41, 5.74) is 1.06. The van der Waals surface area contributed by atoms with Gasteiger partial charge >= 0.3 is 11.9 Å². The standard InChI is InChI=1S/C23H18N2O7S4/c1-12(36(2,29)30)19(21(28)32-22-14-8-4-3-7-13(14)20(27)31-22)25-17(26)11-18(25)34-35-23-24-15-9-5-6-10-16(15)33-23/h3-10,18,22H,11H2,1-2H3/b19-12+. The molecule has 5 rings (SSSR count). The Balaban J connectivity index is 1.39. The first kappa shape index (κ1) is 24.8. The minimum absolute atomic E-state index is 0.109. The summed E-state index contributed by atoms with van der Waals surface area (Å²) in [6.45, 7) is 1.24. The van der Waals surface area contributed by atoms with E-state index in [1.165, 1.54) is 45.9 Å². The lowest BCUT2D eigenvalue weighted by atomic mass is 10.1. The van der Waals surface area contributed by atoms with Gasteiger partial charge < -0.3 is 9.47 Å². The topological polar surface area (TPSA) is 120 Å². The number of para-hydroxylation sites is 1. The first-order valence-electron chi connectivity index (χ1n) is 10.6. The Morgan fingerprint density at radius 1 is 1.17 bits per heavy atom. The number of likely N-dealkylation sites (tertiary alicyclic amines) is 1. The number of hydrogen-bond donors (Lipinski definition) is 0. The summed E-state index contributed by atoms with van der Waals surface area (Å²) in [6.07, 6.45) is -0.288. The van der Waals surface area contributed by atoms with Gasteiger partial charge in [0.25, 0.3) is 6.29 Å². The van der Waals surface area contributed by atoms with Crippen molar-refractivity contribution in [1.29, 1.82) is 0 Å². The molecule has 3 aromatic rings. The van der Waals surface area contributed by atoms with E-state index in [9.17, 15) is 22.8 Å². The van der Waals surface area contributed by atoms with Gasteiger partial charge in [-0.25, -0.2) is 23.0 Å². The maximum Gasteiger partial charge on any atom is 0.359 e. The zero-order valence-electron chi connectivity index (χ0n) is 18.9. The molecule has 13 heteroatoms. The Morgan fingerprint density at radius 3 is 2.61 bits per heavy atom. The molecule has 1 aromatic heterocycles. The van der Waals surface area contributed by atoms with Crippen LogP contribution in [0.1, 0.15) is 35.6 Å². The van der Waals surface area contributed by atoms with Crippen LogP contribution in [-0.2, 0) is 28.9 Å². The average Bonchev–Trinajstić information content (AvgIpc) is 3.39. The van der Waals surface area contributed by atoms with Crippen molar-refractivity contribution >= 4 is 70.8 Å². The molecule has 0 saturated carbocycles. The molecule has 2 aliphatic rings. The Morgan fingerprint density at radius 2 is 1.89 bits per heavy atom. The lowest BCUT2D eigenvalue weighted by molar-refractivity contribution is -0.167. The van der Waals surface area contributed by atoms with Gasteiger partial charge in [-0.05, 0) is 35.9 Å². The number of carbonyl (C=O) groups excluding carboxylic acids is 3. The van der Waals surface area contributed by atoms with Crippen LogP contribution in [0.25, 0.3) is 10.2 Å². The molecule has 0 radical (unpaired) electrons. The molecule has 36 heavy (non-hydrogen) atoms. The van der Waals surface area contributed by atoms with Gasteiger partial charge in [-0.2, -0.15) is 0 Å². The second-order valence-corrected chi connectivity index (χ2v) is 13.8. The number of amides is 1. The van der Waals surface area contributed by atoms with Gasteiger partial charge in [0.1, 0.15) is 11.1 Å². The normalized spacial score (nSPS) is 20.0.